The highest BCUT2D eigenvalue weighted by Crippen LogP contribution is 2.29. The van der Waals surface area contributed by atoms with Crippen molar-refractivity contribution in [2.45, 2.75) is 63.2 Å². The fourth-order valence-electron chi connectivity index (χ4n) is 3.87. The van der Waals surface area contributed by atoms with Gasteiger partial charge >= 0.3 is 0 Å². The lowest BCUT2D eigenvalue weighted by atomic mass is 10.0. The Labute approximate surface area is 166 Å². The Morgan fingerprint density at radius 3 is 2.44 bits per heavy atom. The number of benzene rings is 1. The number of likely N-dealkylation sites (tertiary alicyclic amines) is 1. The molecule has 3 rings (SSSR count). The maximum atomic E-state index is 13.2. The number of piperidine rings is 1. The number of ether oxygens (including phenoxy) is 1. The van der Waals surface area contributed by atoms with Crippen molar-refractivity contribution in [3.63, 3.8) is 0 Å². The van der Waals surface area contributed by atoms with Gasteiger partial charge in [0.1, 0.15) is 4.90 Å². The highest BCUT2D eigenvalue weighted by molar-refractivity contribution is 7.89. The third kappa shape index (κ3) is 4.31. The average molecular weight is 415 g/mol. The van der Waals surface area contributed by atoms with Gasteiger partial charge in [-0.1, -0.05) is 11.6 Å². The average Bonchev–Trinajstić information content (AvgIpc) is 2.61. The summed E-state index contributed by atoms with van der Waals surface area (Å²) in [4.78, 5) is 14.7. The molecule has 0 unspecified atom stereocenters. The molecule has 2 aliphatic rings. The summed E-state index contributed by atoms with van der Waals surface area (Å²) in [5, 5.41) is 0.130. The van der Waals surface area contributed by atoms with Gasteiger partial charge in [0, 0.05) is 31.2 Å². The van der Waals surface area contributed by atoms with E-state index in [4.69, 9.17) is 16.3 Å². The summed E-state index contributed by atoms with van der Waals surface area (Å²) in [6.45, 7) is 6.95. The zero-order chi connectivity index (χ0) is 19.8. The number of carbonyl (C=O) groups is 1. The van der Waals surface area contributed by atoms with E-state index in [0.29, 0.717) is 12.1 Å². The van der Waals surface area contributed by atoms with Gasteiger partial charge in [0.25, 0.3) is 5.91 Å². The molecule has 1 aromatic carbocycles. The first-order chi connectivity index (χ1) is 12.7. The maximum absolute atomic E-state index is 13.2. The summed E-state index contributed by atoms with van der Waals surface area (Å²) in [5.74, 6) is -0.140. The molecule has 2 saturated heterocycles. The lowest BCUT2D eigenvalue weighted by molar-refractivity contribution is -0.0440. The summed E-state index contributed by atoms with van der Waals surface area (Å²) >= 11 is 6.23. The summed E-state index contributed by atoms with van der Waals surface area (Å²) in [5.41, 5.74) is 0.362. The van der Waals surface area contributed by atoms with E-state index in [2.05, 4.69) is 0 Å². The standard InChI is InChI=1S/C19H27ClN2O4S/c1-13-6-4-5-9-22(13)19(23)16-7-8-17(20)18(10-16)27(24,25)21-11-14(2)26-15(3)12-21/h7-8,10,13-15H,4-6,9,11-12H2,1-3H3/t13-,14+,15+/m0/s1. The van der Waals surface area contributed by atoms with E-state index < -0.39 is 10.0 Å². The van der Waals surface area contributed by atoms with Crippen LogP contribution in [0.25, 0.3) is 0 Å². The summed E-state index contributed by atoms with van der Waals surface area (Å²) in [6, 6.07) is 4.69. The van der Waals surface area contributed by atoms with Crippen molar-refractivity contribution in [3.8, 4) is 0 Å². The van der Waals surface area contributed by atoms with Crippen molar-refractivity contribution in [2.24, 2.45) is 0 Å². The highest BCUT2D eigenvalue weighted by Gasteiger charge is 2.34. The van der Waals surface area contributed by atoms with Crippen molar-refractivity contribution in [2.75, 3.05) is 19.6 Å². The number of amides is 1. The number of hydrogen-bond donors (Lipinski definition) is 0. The molecule has 6 nitrogen and oxygen atoms in total. The molecule has 0 saturated carbocycles. The van der Waals surface area contributed by atoms with Crippen LogP contribution in [0.3, 0.4) is 0 Å². The lowest BCUT2D eigenvalue weighted by Gasteiger charge is -2.35. The van der Waals surface area contributed by atoms with E-state index in [-0.39, 0.29) is 47.2 Å². The topological polar surface area (TPSA) is 66.9 Å². The van der Waals surface area contributed by atoms with E-state index >= 15 is 0 Å². The molecule has 0 radical (unpaired) electrons. The van der Waals surface area contributed by atoms with Crippen LogP contribution in [0.1, 0.15) is 50.4 Å². The second-order valence-corrected chi connectivity index (χ2v) is 9.88. The van der Waals surface area contributed by atoms with Gasteiger partial charge in [0.15, 0.2) is 0 Å². The van der Waals surface area contributed by atoms with Crippen molar-refractivity contribution < 1.29 is 17.9 Å². The van der Waals surface area contributed by atoms with E-state index in [9.17, 15) is 13.2 Å². The van der Waals surface area contributed by atoms with Crippen molar-refractivity contribution in [1.82, 2.24) is 9.21 Å². The molecular formula is C19H27ClN2O4S. The number of carbonyl (C=O) groups excluding carboxylic acids is 1. The lowest BCUT2D eigenvalue weighted by Crippen LogP contribution is -2.48. The van der Waals surface area contributed by atoms with Gasteiger partial charge in [0.2, 0.25) is 10.0 Å². The van der Waals surface area contributed by atoms with Gasteiger partial charge in [-0.25, -0.2) is 8.42 Å². The number of halogens is 1. The summed E-state index contributed by atoms with van der Waals surface area (Å²) < 4.78 is 33.4. The van der Waals surface area contributed by atoms with Gasteiger partial charge in [0.05, 0.1) is 17.2 Å². The van der Waals surface area contributed by atoms with Crippen LogP contribution in [0.5, 0.6) is 0 Å². The maximum Gasteiger partial charge on any atom is 0.254 e. The quantitative estimate of drug-likeness (QED) is 0.761. The van der Waals surface area contributed by atoms with Gasteiger partial charge in [-0.15, -0.1) is 0 Å². The monoisotopic (exact) mass is 414 g/mol. The molecule has 2 aliphatic heterocycles. The predicted octanol–water partition coefficient (Wildman–Crippen LogP) is 3.15. The zero-order valence-corrected chi connectivity index (χ0v) is 17.6. The Kier molecular flexibility index (Phi) is 6.15. The molecule has 0 N–H and O–H groups in total. The Morgan fingerprint density at radius 1 is 1.15 bits per heavy atom. The van der Waals surface area contributed by atoms with Crippen LogP contribution in [0.15, 0.2) is 23.1 Å². The molecule has 0 aromatic heterocycles. The number of hydrogen-bond acceptors (Lipinski definition) is 4. The van der Waals surface area contributed by atoms with Crippen molar-refractivity contribution in [1.29, 1.82) is 0 Å². The Morgan fingerprint density at radius 2 is 1.81 bits per heavy atom. The van der Waals surface area contributed by atoms with Gasteiger partial charge in [-0.3, -0.25) is 4.79 Å². The molecule has 2 fully saturated rings. The van der Waals surface area contributed by atoms with Gasteiger partial charge in [-0.05, 0) is 58.2 Å². The van der Waals surface area contributed by atoms with Crippen LogP contribution in [0.2, 0.25) is 5.02 Å². The third-order valence-corrected chi connectivity index (χ3v) is 7.56. The minimum absolute atomic E-state index is 0.0130. The van der Waals surface area contributed by atoms with Crippen LogP contribution in [0, 0.1) is 0 Å². The van der Waals surface area contributed by atoms with Gasteiger partial charge in [-0.2, -0.15) is 4.31 Å². The molecular weight excluding hydrogens is 388 g/mol. The molecule has 27 heavy (non-hydrogen) atoms. The van der Waals surface area contributed by atoms with Crippen LogP contribution in [-0.4, -0.2) is 61.4 Å². The Bertz CT molecular complexity index is 804. The first-order valence-electron chi connectivity index (χ1n) is 9.46. The van der Waals surface area contributed by atoms with Crippen LogP contribution < -0.4 is 0 Å². The Balaban J connectivity index is 1.92. The predicted molar refractivity (Wildman–Crippen MR) is 105 cm³/mol. The second kappa shape index (κ2) is 8.07. The molecule has 3 atom stereocenters. The number of rotatable bonds is 3. The molecule has 0 spiro atoms. The third-order valence-electron chi connectivity index (χ3n) is 5.25. The van der Waals surface area contributed by atoms with Crippen LogP contribution >= 0.6 is 11.6 Å². The van der Waals surface area contributed by atoms with E-state index in [1.165, 1.54) is 16.4 Å². The second-order valence-electron chi connectivity index (χ2n) is 7.57. The minimum Gasteiger partial charge on any atom is -0.373 e. The van der Waals surface area contributed by atoms with E-state index in [0.717, 1.165) is 19.3 Å². The number of sulfonamides is 1. The summed E-state index contributed by atoms with van der Waals surface area (Å²) in [6.07, 6.45) is 2.66. The molecule has 0 bridgehead atoms. The zero-order valence-electron chi connectivity index (χ0n) is 16.0. The molecule has 150 valence electrons. The molecule has 0 aliphatic carbocycles. The number of nitrogens with zero attached hydrogens (tertiary/aromatic N) is 2. The highest BCUT2D eigenvalue weighted by atomic mass is 35.5. The minimum atomic E-state index is -3.81. The van der Waals surface area contributed by atoms with E-state index in [1.807, 2.05) is 25.7 Å². The first kappa shape index (κ1) is 20.6. The largest absolute Gasteiger partial charge is 0.373 e. The van der Waals surface area contributed by atoms with Gasteiger partial charge < -0.3 is 9.64 Å². The van der Waals surface area contributed by atoms with Crippen molar-refractivity contribution >= 4 is 27.5 Å². The molecule has 2 heterocycles. The van der Waals surface area contributed by atoms with Crippen molar-refractivity contribution in [3.05, 3.63) is 28.8 Å². The number of morpholine rings is 1. The SMILES string of the molecule is C[C@@H]1CN(S(=O)(=O)c2cc(C(=O)N3CCCC[C@@H]3C)ccc2Cl)C[C@@H](C)O1. The summed E-state index contributed by atoms with van der Waals surface area (Å²) in [7, 11) is -3.81. The fraction of sp³-hybridized carbons (Fsp3) is 0.632. The first-order valence-corrected chi connectivity index (χ1v) is 11.3. The van der Waals surface area contributed by atoms with Crippen LogP contribution in [-0.2, 0) is 14.8 Å². The normalized spacial score (nSPS) is 27.6. The van der Waals surface area contributed by atoms with Crippen LogP contribution in [0.4, 0.5) is 0 Å². The molecule has 1 amide bonds. The smallest absolute Gasteiger partial charge is 0.254 e. The molecule has 8 heteroatoms. The fourth-order valence-corrected chi connectivity index (χ4v) is 5.96. The Hall–Kier alpha value is -1.15. The van der Waals surface area contributed by atoms with E-state index in [1.54, 1.807) is 6.07 Å². The molecule has 1 aromatic rings.